The average molecular weight is 232 g/mol. The van der Waals surface area contributed by atoms with Crippen molar-refractivity contribution in [2.75, 3.05) is 18.0 Å². The zero-order valence-electron chi connectivity index (χ0n) is 8.85. The number of hydrogen-bond acceptors (Lipinski definition) is 3. The molecule has 1 heterocycles. The highest BCUT2D eigenvalue weighted by atomic mass is 32.1. The standard InChI is InChI=1S/C12H12N2OS/c15-12(5-7-13-9-16)14-8-6-10-3-1-2-4-11(10)14/h1-4H,5-8H2. The summed E-state index contributed by atoms with van der Waals surface area (Å²) in [5.41, 5.74) is 2.29. The Hall–Kier alpha value is -1.51. The van der Waals surface area contributed by atoms with E-state index in [1.807, 2.05) is 23.1 Å². The van der Waals surface area contributed by atoms with Crippen molar-refractivity contribution in [2.45, 2.75) is 12.8 Å². The molecule has 0 radical (unpaired) electrons. The van der Waals surface area contributed by atoms with Gasteiger partial charge in [0.15, 0.2) is 0 Å². The van der Waals surface area contributed by atoms with E-state index in [0.29, 0.717) is 13.0 Å². The van der Waals surface area contributed by atoms with Gasteiger partial charge in [0.25, 0.3) is 0 Å². The molecule has 0 aliphatic carbocycles. The highest BCUT2D eigenvalue weighted by Gasteiger charge is 2.23. The SMILES string of the molecule is O=C(CCN=C=S)N1CCc2ccccc21. The molecule has 16 heavy (non-hydrogen) atoms. The number of nitrogens with zero attached hydrogens (tertiary/aromatic N) is 2. The van der Waals surface area contributed by atoms with Crippen molar-refractivity contribution < 1.29 is 4.79 Å². The first-order valence-electron chi connectivity index (χ1n) is 5.25. The molecule has 0 unspecified atom stereocenters. The van der Waals surface area contributed by atoms with Crippen LogP contribution in [-0.2, 0) is 11.2 Å². The summed E-state index contributed by atoms with van der Waals surface area (Å²) in [6.45, 7) is 1.21. The predicted molar refractivity (Wildman–Crippen MR) is 67.0 cm³/mol. The molecule has 0 fully saturated rings. The number of carbonyl (C=O) groups excluding carboxylic acids is 1. The zero-order valence-corrected chi connectivity index (χ0v) is 9.67. The van der Waals surface area contributed by atoms with E-state index >= 15 is 0 Å². The summed E-state index contributed by atoms with van der Waals surface area (Å²) in [6, 6.07) is 8.02. The number of hydrogen-bond donors (Lipinski definition) is 0. The van der Waals surface area contributed by atoms with Crippen molar-refractivity contribution in [2.24, 2.45) is 4.99 Å². The van der Waals surface area contributed by atoms with Gasteiger partial charge in [0, 0.05) is 18.7 Å². The van der Waals surface area contributed by atoms with E-state index in [-0.39, 0.29) is 5.91 Å². The number of isothiocyanates is 1. The fraction of sp³-hybridized carbons (Fsp3) is 0.333. The Balaban J connectivity index is 2.07. The molecular formula is C12H12N2OS. The first-order chi connectivity index (χ1) is 7.83. The van der Waals surface area contributed by atoms with Crippen LogP contribution >= 0.6 is 12.2 Å². The number of para-hydroxylation sites is 1. The normalized spacial score (nSPS) is 13.1. The number of carbonyl (C=O) groups is 1. The number of anilines is 1. The molecule has 3 nitrogen and oxygen atoms in total. The molecule has 0 N–H and O–H groups in total. The van der Waals surface area contributed by atoms with Gasteiger partial charge in [-0.05, 0) is 30.3 Å². The first kappa shape index (κ1) is 11.0. The monoisotopic (exact) mass is 232 g/mol. The lowest BCUT2D eigenvalue weighted by atomic mass is 10.2. The Bertz CT molecular complexity index is 452. The van der Waals surface area contributed by atoms with Gasteiger partial charge in [-0.2, -0.15) is 0 Å². The molecule has 0 saturated heterocycles. The van der Waals surface area contributed by atoms with Crippen LogP contribution in [0.5, 0.6) is 0 Å². The van der Waals surface area contributed by atoms with E-state index in [1.165, 1.54) is 5.56 Å². The molecule has 0 bridgehead atoms. The molecular weight excluding hydrogens is 220 g/mol. The van der Waals surface area contributed by atoms with Gasteiger partial charge in [0.2, 0.25) is 5.91 Å². The zero-order chi connectivity index (χ0) is 11.4. The van der Waals surface area contributed by atoms with Gasteiger partial charge in [-0.1, -0.05) is 18.2 Å². The summed E-state index contributed by atoms with van der Waals surface area (Å²) in [7, 11) is 0. The minimum atomic E-state index is 0.110. The molecule has 1 aromatic carbocycles. The molecule has 1 amide bonds. The van der Waals surface area contributed by atoms with Crippen LogP contribution in [0, 0.1) is 0 Å². The largest absolute Gasteiger partial charge is 0.312 e. The lowest BCUT2D eigenvalue weighted by molar-refractivity contribution is -0.118. The van der Waals surface area contributed by atoms with Crippen molar-refractivity contribution in [3.05, 3.63) is 29.8 Å². The Morgan fingerprint density at radius 1 is 1.50 bits per heavy atom. The molecule has 0 aromatic heterocycles. The van der Waals surface area contributed by atoms with Crippen LogP contribution in [0.1, 0.15) is 12.0 Å². The molecule has 1 aromatic rings. The summed E-state index contributed by atoms with van der Waals surface area (Å²) < 4.78 is 0. The van der Waals surface area contributed by atoms with Crippen molar-refractivity contribution in [1.82, 2.24) is 0 Å². The minimum Gasteiger partial charge on any atom is -0.312 e. The Morgan fingerprint density at radius 3 is 3.12 bits per heavy atom. The fourth-order valence-electron chi connectivity index (χ4n) is 1.93. The van der Waals surface area contributed by atoms with E-state index in [1.54, 1.807) is 0 Å². The minimum absolute atomic E-state index is 0.110. The fourth-order valence-corrected chi connectivity index (χ4v) is 2.02. The number of thiocarbonyl (C=S) groups is 1. The topological polar surface area (TPSA) is 32.7 Å². The van der Waals surface area contributed by atoms with E-state index in [0.717, 1.165) is 18.7 Å². The number of fused-ring (bicyclic) bond motifs is 1. The van der Waals surface area contributed by atoms with Crippen molar-refractivity contribution >= 4 is 29.0 Å². The summed E-state index contributed by atoms with van der Waals surface area (Å²) in [5.74, 6) is 0.110. The molecule has 4 heteroatoms. The van der Waals surface area contributed by atoms with Crippen LogP contribution in [0.3, 0.4) is 0 Å². The lowest BCUT2D eigenvalue weighted by Gasteiger charge is -2.16. The molecule has 1 aliphatic heterocycles. The molecule has 2 rings (SSSR count). The first-order valence-corrected chi connectivity index (χ1v) is 5.65. The second-order valence-corrected chi connectivity index (χ2v) is 3.83. The Morgan fingerprint density at radius 2 is 2.31 bits per heavy atom. The van der Waals surface area contributed by atoms with E-state index in [9.17, 15) is 4.79 Å². The van der Waals surface area contributed by atoms with E-state index < -0.39 is 0 Å². The third-order valence-corrected chi connectivity index (χ3v) is 2.82. The number of rotatable bonds is 3. The Kier molecular flexibility index (Phi) is 3.44. The highest BCUT2D eigenvalue weighted by molar-refractivity contribution is 7.78. The van der Waals surface area contributed by atoms with Crippen LogP contribution < -0.4 is 4.90 Å². The van der Waals surface area contributed by atoms with Gasteiger partial charge in [-0.25, -0.2) is 4.99 Å². The summed E-state index contributed by atoms with van der Waals surface area (Å²) in [4.78, 5) is 17.5. The van der Waals surface area contributed by atoms with Crippen molar-refractivity contribution in [1.29, 1.82) is 0 Å². The van der Waals surface area contributed by atoms with Gasteiger partial charge in [0.1, 0.15) is 0 Å². The van der Waals surface area contributed by atoms with Crippen molar-refractivity contribution in [3.63, 3.8) is 0 Å². The van der Waals surface area contributed by atoms with Crippen LogP contribution in [0.2, 0.25) is 0 Å². The maximum Gasteiger partial charge on any atom is 0.228 e. The summed E-state index contributed by atoms with van der Waals surface area (Å²) in [6.07, 6.45) is 1.34. The molecule has 82 valence electrons. The third-order valence-electron chi connectivity index (χ3n) is 2.69. The van der Waals surface area contributed by atoms with E-state index in [2.05, 4.69) is 28.4 Å². The second-order valence-electron chi connectivity index (χ2n) is 3.65. The van der Waals surface area contributed by atoms with Gasteiger partial charge in [-0.3, -0.25) is 4.79 Å². The molecule has 0 saturated carbocycles. The average Bonchev–Trinajstić information content (AvgIpc) is 2.73. The van der Waals surface area contributed by atoms with Gasteiger partial charge in [0.05, 0.1) is 11.7 Å². The predicted octanol–water partition coefficient (Wildman–Crippen LogP) is 2.07. The summed E-state index contributed by atoms with van der Waals surface area (Å²) in [5, 5.41) is 2.27. The smallest absolute Gasteiger partial charge is 0.228 e. The van der Waals surface area contributed by atoms with Gasteiger partial charge >= 0.3 is 0 Å². The van der Waals surface area contributed by atoms with Crippen LogP contribution in [0.25, 0.3) is 0 Å². The molecule has 1 aliphatic rings. The number of amides is 1. The third kappa shape index (κ3) is 2.18. The van der Waals surface area contributed by atoms with Gasteiger partial charge < -0.3 is 4.90 Å². The van der Waals surface area contributed by atoms with Gasteiger partial charge in [-0.15, -0.1) is 0 Å². The maximum atomic E-state index is 11.9. The van der Waals surface area contributed by atoms with Crippen molar-refractivity contribution in [3.8, 4) is 0 Å². The molecule has 0 spiro atoms. The summed E-state index contributed by atoms with van der Waals surface area (Å²) >= 11 is 4.46. The van der Waals surface area contributed by atoms with E-state index in [4.69, 9.17) is 0 Å². The van der Waals surface area contributed by atoms with Crippen LogP contribution in [0.15, 0.2) is 29.3 Å². The maximum absolute atomic E-state index is 11.9. The number of aliphatic imine (C=N–C) groups is 1. The molecule has 0 atom stereocenters. The Labute approximate surface area is 99.8 Å². The van der Waals surface area contributed by atoms with Crippen LogP contribution in [-0.4, -0.2) is 24.2 Å². The lowest BCUT2D eigenvalue weighted by Crippen LogP contribution is -2.29. The highest BCUT2D eigenvalue weighted by Crippen LogP contribution is 2.27. The second kappa shape index (κ2) is 5.01. The van der Waals surface area contributed by atoms with Crippen LogP contribution in [0.4, 0.5) is 5.69 Å². The quantitative estimate of drug-likeness (QED) is 0.590. The number of benzene rings is 1.